The third kappa shape index (κ3) is 5.66. The first-order valence-corrected chi connectivity index (χ1v) is 7.93. The van der Waals surface area contributed by atoms with Crippen LogP contribution in [0.2, 0.25) is 5.02 Å². The van der Waals surface area contributed by atoms with E-state index in [1.807, 2.05) is 18.2 Å². The van der Waals surface area contributed by atoms with Gasteiger partial charge in [-0.2, -0.15) is 0 Å². The van der Waals surface area contributed by atoms with E-state index in [0.717, 1.165) is 5.75 Å². The summed E-state index contributed by atoms with van der Waals surface area (Å²) in [6, 6.07) is 14.2. The molecule has 0 fully saturated rings. The molecular formula is C18H20ClNO4. The van der Waals surface area contributed by atoms with Gasteiger partial charge in [0.1, 0.15) is 23.9 Å². The van der Waals surface area contributed by atoms with Gasteiger partial charge in [-0.3, -0.25) is 4.79 Å². The standard InChI is InChI=1S/C18H20ClNO4/c1-13(24-17-8-3-5-14(19)11-17)18(21)20-9-10-23-16-7-4-6-15(12-16)22-2/h3-8,11-13H,9-10H2,1-2H3,(H,20,21). The fourth-order valence-corrected chi connectivity index (χ4v) is 2.16. The molecule has 0 saturated heterocycles. The third-order valence-corrected chi connectivity index (χ3v) is 3.42. The first-order chi connectivity index (χ1) is 11.6. The van der Waals surface area contributed by atoms with Gasteiger partial charge in [-0.1, -0.05) is 23.7 Å². The molecule has 1 amide bonds. The molecule has 0 aliphatic heterocycles. The molecule has 0 saturated carbocycles. The fraction of sp³-hybridized carbons (Fsp3) is 0.278. The number of benzene rings is 2. The van der Waals surface area contributed by atoms with Crippen LogP contribution in [0.5, 0.6) is 17.2 Å². The second-order valence-electron chi connectivity index (χ2n) is 5.04. The highest BCUT2D eigenvalue weighted by Crippen LogP contribution is 2.19. The quantitative estimate of drug-likeness (QED) is 0.743. The topological polar surface area (TPSA) is 56.8 Å². The summed E-state index contributed by atoms with van der Waals surface area (Å²) in [6.45, 7) is 2.40. The lowest BCUT2D eigenvalue weighted by Crippen LogP contribution is -2.38. The van der Waals surface area contributed by atoms with Gasteiger partial charge in [0, 0.05) is 11.1 Å². The molecule has 6 heteroatoms. The van der Waals surface area contributed by atoms with E-state index in [9.17, 15) is 4.79 Å². The van der Waals surface area contributed by atoms with Gasteiger partial charge in [-0.25, -0.2) is 0 Å². The van der Waals surface area contributed by atoms with E-state index < -0.39 is 6.10 Å². The second kappa shape index (κ2) is 9.03. The molecule has 1 N–H and O–H groups in total. The van der Waals surface area contributed by atoms with E-state index in [2.05, 4.69) is 5.32 Å². The Labute approximate surface area is 146 Å². The van der Waals surface area contributed by atoms with Crippen molar-refractivity contribution in [3.63, 3.8) is 0 Å². The van der Waals surface area contributed by atoms with Crippen LogP contribution in [0.15, 0.2) is 48.5 Å². The molecule has 1 unspecified atom stereocenters. The van der Waals surface area contributed by atoms with Crippen LogP contribution < -0.4 is 19.5 Å². The zero-order valence-electron chi connectivity index (χ0n) is 13.6. The Bertz CT molecular complexity index is 678. The average Bonchev–Trinajstić information content (AvgIpc) is 2.58. The summed E-state index contributed by atoms with van der Waals surface area (Å²) in [4.78, 5) is 12.0. The number of hydrogen-bond donors (Lipinski definition) is 1. The smallest absolute Gasteiger partial charge is 0.260 e. The van der Waals surface area contributed by atoms with Crippen LogP contribution in [0.4, 0.5) is 0 Å². The molecule has 2 rings (SSSR count). The number of amides is 1. The van der Waals surface area contributed by atoms with Gasteiger partial charge in [0.25, 0.3) is 5.91 Å². The summed E-state index contributed by atoms with van der Waals surface area (Å²) < 4.78 is 16.2. The summed E-state index contributed by atoms with van der Waals surface area (Å²) in [5.41, 5.74) is 0. The van der Waals surface area contributed by atoms with Gasteiger partial charge in [0.15, 0.2) is 6.10 Å². The van der Waals surface area contributed by atoms with Crippen LogP contribution >= 0.6 is 11.6 Å². The zero-order chi connectivity index (χ0) is 17.4. The Balaban J connectivity index is 1.72. The lowest BCUT2D eigenvalue weighted by atomic mass is 10.3. The van der Waals surface area contributed by atoms with Crippen molar-refractivity contribution in [3.8, 4) is 17.2 Å². The summed E-state index contributed by atoms with van der Waals surface area (Å²) >= 11 is 5.88. The van der Waals surface area contributed by atoms with E-state index in [1.165, 1.54) is 0 Å². The van der Waals surface area contributed by atoms with Crippen molar-refractivity contribution in [1.82, 2.24) is 5.32 Å². The Kier molecular flexibility index (Phi) is 6.75. The molecule has 0 bridgehead atoms. The van der Waals surface area contributed by atoms with Gasteiger partial charge in [-0.05, 0) is 37.3 Å². The Hall–Kier alpha value is -2.40. The van der Waals surface area contributed by atoms with Crippen molar-refractivity contribution >= 4 is 17.5 Å². The summed E-state index contributed by atoms with van der Waals surface area (Å²) in [7, 11) is 1.60. The SMILES string of the molecule is COc1cccc(OCCNC(=O)C(C)Oc2cccc(Cl)c2)c1. The fourth-order valence-electron chi connectivity index (χ4n) is 1.98. The molecular weight excluding hydrogens is 330 g/mol. The lowest BCUT2D eigenvalue weighted by molar-refractivity contribution is -0.127. The normalized spacial score (nSPS) is 11.5. The van der Waals surface area contributed by atoms with E-state index in [1.54, 1.807) is 44.4 Å². The van der Waals surface area contributed by atoms with Crippen LogP contribution in [0, 0.1) is 0 Å². The van der Waals surface area contributed by atoms with Gasteiger partial charge in [-0.15, -0.1) is 0 Å². The molecule has 0 heterocycles. The molecule has 0 aliphatic rings. The number of hydrogen-bond acceptors (Lipinski definition) is 4. The number of ether oxygens (including phenoxy) is 3. The van der Waals surface area contributed by atoms with Gasteiger partial charge < -0.3 is 19.5 Å². The molecule has 2 aromatic carbocycles. The van der Waals surface area contributed by atoms with E-state index in [-0.39, 0.29) is 5.91 Å². The predicted octanol–water partition coefficient (Wildman–Crippen LogP) is 3.31. The van der Waals surface area contributed by atoms with Crippen molar-refractivity contribution in [2.45, 2.75) is 13.0 Å². The molecule has 0 aliphatic carbocycles. The summed E-state index contributed by atoms with van der Waals surface area (Å²) in [5, 5.41) is 3.32. The van der Waals surface area contributed by atoms with Crippen molar-refractivity contribution in [3.05, 3.63) is 53.6 Å². The number of carbonyl (C=O) groups excluding carboxylic acids is 1. The molecule has 5 nitrogen and oxygen atoms in total. The van der Waals surface area contributed by atoms with Crippen LogP contribution in [0.1, 0.15) is 6.92 Å². The Morgan fingerprint density at radius 1 is 1.12 bits per heavy atom. The highest BCUT2D eigenvalue weighted by molar-refractivity contribution is 6.30. The largest absolute Gasteiger partial charge is 0.497 e. The molecule has 128 valence electrons. The zero-order valence-corrected chi connectivity index (χ0v) is 14.4. The van der Waals surface area contributed by atoms with E-state index in [0.29, 0.717) is 29.7 Å². The van der Waals surface area contributed by atoms with Crippen LogP contribution in [-0.4, -0.2) is 32.3 Å². The number of methoxy groups -OCH3 is 1. The van der Waals surface area contributed by atoms with Crippen LogP contribution in [-0.2, 0) is 4.79 Å². The monoisotopic (exact) mass is 349 g/mol. The first-order valence-electron chi connectivity index (χ1n) is 7.55. The number of carbonyl (C=O) groups is 1. The van der Waals surface area contributed by atoms with Gasteiger partial charge in [0.05, 0.1) is 13.7 Å². The molecule has 0 spiro atoms. The second-order valence-corrected chi connectivity index (χ2v) is 5.47. The highest BCUT2D eigenvalue weighted by Gasteiger charge is 2.14. The molecule has 0 radical (unpaired) electrons. The number of rotatable bonds is 8. The minimum atomic E-state index is -0.625. The van der Waals surface area contributed by atoms with Crippen LogP contribution in [0.25, 0.3) is 0 Å². The van der Waals surface area contributed by atoms with E-state index in [4.69, 9.17) is 25.8 Å². The average molecular weight is 350 g/mol. The van der Waals surface area contributed by atoms with Crippen molar-refractivity contribution in [2.24, 2.45) is 0 Å². The van der Waals surface area contributed by atoms with Crippen LogP contribution in [0.3, 0.4) is 0 Å². The Morgan fingerprint density at radius 2 is 1.83 bits per heavy atom. The van der Waals surface area contributed by atoms with E-state index >= 15 is 0 Å². The van der Waals surface area contributed by atoms with Crippen molar-refractivity contribution in [2.75, 3.05) is 20.3 Å². The van der Waals surface area contributed by atoms with Gasteiger partial charge >= 0.3 is 0 Å². The van der Waals surface area contributed by atoms with Crippen molar-refractivity contribution < 1.29 is 19.0 Å². The molecule has 24 heavy (non-hydrogen) atoms. The Morgan fingerprint density at radius 3 is 2.58 bits per heavy atom. The first kappa shape index (κ1) is 17.9. The maximum absolute atomic E-state index is 12.0. The summed E-state index contributed by atoms with van der Waals surface area (Å²) in [5.74, 6) is 1.74. The summed E-state index contributed by atoms with van der Waals surface area (Å²) in [6.07, 6.45) is -0.625. The maximum Gasteiger partial charge on any atom is 0.260 e. The van der Waals surface area contributed by atoms with Crippen molar-refractivity contribution in [1.29, 1.82) is 0 Å². The molecule has 1 atom stereocenters. The maximum atomic E-state index is 12.0. The molecule has 2 aromatic rings. The minimum absolute atomic E-state index is 0.218. The lowest BCUT2D eigenvalue weighted by Gasteiger charge is -2.15. The van der Waals surface area contributed by atoms with Gasteiger partial charge in [0.2, 0.25) is 0 Å². The number of halogens is 1. The minimum Gasteiger partial charge on any atom is -0.497 e. The third-order valence-electron chi connectivity index (χ3n) is 3.19. The highest BCUT2D eigenvalue weighted by atomic mass is 35.5. The number of nitrogens with one attached hydrogen (secondary N) is 1. The molecule has 0 aromatic heterocycles. The predicted molar refractivity (Wildman–Crippen MR) is 93.0 cm³/mol.